The number of rotatable bonds is 2. The zero-order chi connectivity index (χ0) is 11.5. The first-order valence-corrected chi connectivity index (χ1v) is 5.02. The molecule has 1 saturated carbocycles. The third-order valence-corrected chi connectivity index (χ3v) is 2.75. The Morgan fingerprint density at radius 1 is 1.33 bits per heavy atom. The van der Waals surface area contributed by atoms with Gasteiger partial charge in [0.2, 0.25) is 0 Å². The molecule has 3 N–H and O–H groups in total. The maximum absolute atomic E-state index is 11.9. The van der Waals surface area contributed by atoms with Gasteiger partial charge in [-0.3, -0.25) is 4.79 Å². The van der Waals surface area contributed by atoms with Crippen molar-refractivity contribution in [1.29, 1.82) is 0 Å². The Morgan fingerprint density at radius 2 is 1.93 bits per heavy atom. The highest BCUT2D eigenvalue weighted by molar-refractivity contribution is 5.81. The quantitative estimate of drug-likeness (QED) is 0.740. The van der Waals surface area contributed by atoms with Crippen LogP contribution in [-0.4, -0.2) is 24.7 Å². The van der Waals surface area contributed by atoms with E-state index in [1.54, 1.807) is 0 Å². The van der Waals surface area contributed by atoms with Crippen molar-refractivity contribution in [2.24, 2.45) is 11.7 Å². The molecular formula is C9H15F3N2O. The van der Waals surface area contributed by atoms with Crippen LogP contribution in [0.15, 0.2) is 0 Å². The second-order valence-corrected chi connectivity index (χ2v) is 3.92. The minimum Gasteiger partial charge on any atom is -0.348 e. The summed E-state index contributed by atoms with van der Waals surface area (Å²) in [4.78, 5) is 10.5. The predicted octanol–water partition coefficient (Wildman–Crippen LogP) is 1.18. The predicted molar refractivity (Wildman–Crippen MR) is 49.0 cm³/mol. The van der Waals surface area contributed by atoms with Gasteiger partial charge in [0.15, 0.2) is 0 Å². The lowest BCUT2D eigenvalue weighted by atomic mass is 9.85. The van der Waals surface area contributed by atoms with Crippen LogP contribution in [0.1, 0.15) is 25.7 Å². The summed E-state index contributed by atoms with van der Waals surface area (Å²) in [7, 11) is 0. The Kier molecular flexibility index (Phi) is 3.96. The monoisotopic (exact) mass is 224 g/mol. The molecule has 2 unspecified atom stereocenters. The average molecular weight is 224 g/mol. The van der Waals surface area contributed by atoms with Gasteiger partial charge in [0.25, 0.3) is 0 Å². The number of alkyl halides is 3. The summed E-state index contributed by atoms with van der Waals surface area (Å²) in [5, 5.41) is 1.88. The second kappa shape index (κ2) is 4.83. The Labute approximate surface area is 86.2 Å². The third kappa shape index (κ3) is 3.70. The van der Waals surface area contributed by atoms with Crippen LogP contribution in [0.2, 0.25) is 0 Å². The number of nitrogens with two attached hydrogens (primary N) is 1. The third-order valence-electron chi connectivity index (χ3n) is 2.75. The van der Waals surface area contributed by atoms with Gasteiger partial charge in [0.1, 0.15) is 0 Å². The summed E-state index contributed by atoms with van der Waals surface area (Å²) in [6.45, 7) is 0.0273. The Bertz CT molecular complexity index is 230. The van der Waals surface area contributed by atoms with E-state index in [2.05, 4.69) is 0 Å². The molecule has 0 heterocycles. The van der Waals surface area contributed by atoms with Crippen LogP contribution >= 0.6 is 0 Å². The van der Waals surface area contributed by atoms with Crippen LogP contribution in [-0.2, 0) is 4.79 Å². The summed E-state index contributed by atoms with van der Waals surface area (Å²) in [5.74, 6) is -1.90. The molecule has 0 aliphatic heterocycles. The second-order valence-electron chi connectivity index (χ2n) is 3.92. The van der Waals surface area contributed by atoms with Crippen molar-refractivity contribution in [3.05, 3.63) is 0 Å². The molecule has 15 heavy (non-hydrogen) atoms. The van der Waals surface area contributed by atoms with E-state index in [-0.39, 0.29) is 18.5 Å². The molecule has 1 aliphatic carbocycles. The van der Waals surface area contributed by atoms with E-state index >= 15 is 0 Å². The van der Waals surface area contributed by atoms with E-state index in [9.17, 15) is 18.0 Å². The lowest BCUT2D eigenvalue weighted by molar-refractivity contribution is -0.173. The summed E-state index contributed by atoms with van der Waals surface area (Å²) in [6, 6.07) is -0.0905. The molecule has 0 aromatic rings. The number of amides is 1. The fourth-order valence-electron chi connectivity index (χ4n) is 1.81. The minimum absolute atomic E-state index is 0.0231. The van der Waals surface area contributed by atoms with Crippen molar-refractivity contribution >= 4 is 5.91 Å². The van der Waals surface area contributed by atoms with E-state index < -0.39 is 12.1 Å². The molecule has 1 amide bonds. The molecule has 0 aromatic heterocycles. The maximum Gasteiger partial charge on any atom is 0.471 e. The molecule has 2 atom stereocenters. The minimum atomic E-state index is -4.79. The molecular weight excluding hydrogens is 209 g/mol. The first-order valence-electron chi connectivity index (χ1n) is 5.02. The van der Waals surface area contributed by atoms with E-state index in [1.165, 1.54) is 0 Å². The highest BCUT2D eigenvalue weighted by Crippen LogP contribution is 2.22. The topological polar surface area (TPSA) is 55.1 Å². The number of carbonyl (C=O) groups is 1. The molecule has 0 saturated heterocycles. The molecule has 6 heteroatoms. The van der Waals surface area contributed by atoms with Gasteiger partial charge in [0, 0.05) is 12.6 Å². The average Bonchev–Trinajstić information content (AvgIpc) is 2.14. The van der Waals surface area contributed by atoms with Crippen molar-refractivity contribution in [3.63, 3.8) is 0 Å². The van der Waals surface area contributed by atoms with Crippen molar-refractivity contribution in [1.82, 2.24) is 5.32 Å². The fourth-order valence-corrected chi connectivity index (χ4v) is 1.81. The van der Waals surface area contributed by atoms with Gasteiger partial charge in [0.05, 0.1) is 0 Å². The lowest BCUT2D eigenvalue weighted by Gasteiger charge is -2.28. The number of halogens is 3. The van der Waals surface area contributed by atoms with Gasteiger partial charge >= 0.3 is 12.1 Å². The standard InChI is InChI=1S/C9H15F3N2O/c10-9(11,12)8(15)14-5-6-3-1-2-4-7(6)13/h6-7H,1-5,13H2,(H,14,15). The van der Waals surface area contributed by atoms with Crippen molar-refractivity contribution in [3.8, 4) is 0 Å². The van der Waals surface area contributed by atoms with Gasteiger partial charge in [-0.15, -0.1) is 0 Å². The smallest absolute Gasteiger partial charge is 0.348 e. The Hall–Kier alpha value is -0.780. The summed E-state index contributed by atoms with van der Waals surface area (Å²) in [6.07, 6.45) is -1.18. The fraction of sp³-hybridized carbons (Fsp3) is 0.889. The Morgan fingerprint density at radius 3 is 2.47 bits per heavy atom. The van der Waals surface area contributed by atoms with Gasteiger partial charge in [-0.1, -0.05) is 12.8 Å². The van der Waals surface area contributed by atoms with Crippen LogP contribution in [0, 0.1) is 5.92 Å². The number of hydrogen-bond donors (Lipinski definition) is 2. The molecule has 0 spiro atoms. The zero-order valence-corrected chi connectivity index (χ0v) is 8.31. The molecule has 1 aliphatic rings. The largest absolute Gasteiger partial charge is 0.471 e. The van der Waals surface area contributed by atoms with E-state index in [1.807, 2.05) is 5.32 Å². The van der Waals surface area contributed by atoms with Gasteiger partial charge in [-0.05, 0) is 18.8 Å². The van der Waals surface area contributed by atoms with Crippen molar-refractivity contribution < 1.29 is 18.0 Å². The van der Waals surface area contributed by atoms with Crippen LogP contribution in [0.25, 0.3) is 0 Å². The molecule has 1 fully saturated rings. The van der Waals surface area contributed by atoms with E-state index in [4.69, 9.17) is 5.73 Å². The van der Waals surface area contributed by atoms with Crippen LogP contribution in [0.4, 0.5) is 13.2 Å². The molecule has 0 radical (unpaired) electrons. The first kappa shape index (κ1) is 12.3. The zero-order valence-electron chi connectivity index (χ0n) is 8.31. The molecule has 88 valence electrons. The highest BCUT2D eigenvalue weighted by Gasteiger charge is 2.38. The SMILES string of the molecule is NC1CCCCC1CNC(=O)C(F)(F)F. The molecule has 0 bridgehead atoms. The summed E-state index contributed by atoms with van der Waals surface area (Å²) >= 11 is 0. The number of carbonyl (C=O) groups excluding carboxylic acids is 1. The maximum atomic E-state index is 11.9. The van der Waals surface area contributed by atoms with Crippen molar-refractivity contribution in [2.45, 2.75) is 37.9 Å². The first-order chi connectivity index (χ1) is 6.91. The highest BCUT2D eigenvalue weighted by atomic mass is 19.4. The van der Waals surface area contributed by atoms with E-state index in [0.29, 0.717) is 0 Å². The van der Waals surface area contributed by atoms with Crippen LogP contribution < -0.4 is 11.1 Å². The summed E-state index contributed by atoms with van der Waals surface area (Å²) < 4.78 is 35.6. The lowest BCUT2D eigenvalue weighted by Crippen LogP contribution is -2.44. The molecule has 3 nitrogen and oxygen atoms in total. The molecule has 1 rings (SSSR count). The summed E-state index contributed by atoms with van der Waals surface area (Å²) in [5.41, 5.74) is 5.74. The van der Waals surface area contributed by atoms with Gasteiger partial charge < -0.3 is 11.1 Å². The van der Waals surface area contributed by atoms with Gasteiger partial charge in [-0.2, -0.15) is 13.2 Å². The molecule has 0 aromatic carbocycles. The van der Waals surface area contributed by atoms with Gasteiger partial charge in [-0.25, -0.2) is 0 Å². The number of hydrogen-bond acceptors (Lipinski definition) is 2. The normalized spacial score (nSPS) is 27.5. The van der Waals surface area contributed by atoms with Crippen LogP contribution in [0.5, 0.6) is 0 Å². The number of nitrogens with one attached hydrogen (secondary N) is 1. The van der Waals surface area contributed by atoms with E-state index in [0.717, 1.165) is 25.7 Å². The van der Waals surface area contributed by atoms with Crippen LogP contribution in [0.3, 0.4) is 0 Å². The Balaban J connectivity index is 2.33. The van der Waals surface area contributed by atoms with Crippen molar-refractivity contribution in [2.75, 3.05) is 6.54 Å².